The topological polar surface area (TPSA) is 55.6 Å². The van der Waals surface area contributed by atoms with Crippen molar-refractivity contribution in [1.82, 2.24) is 4.90 Å². The van der Waals surface area contributed by atoms with E-state index >= 15 is 0 Å². The van der Waals surface area contributed by atoms with E-state index in [4.69, 9.17) is 22.7 Å². The average molecular weight is 232 g/mol. The highest BCUT2D eigenvalue weighted by Gasteiger charge is 2.14. The Morgan fingerprint density at radius 3 is 2.53 bits per heavy atom. The molecule has 15 heavy (non-hydrogen) atoms. The van der Waals surface area contributed by atoms with Gasteiger partial charge >= 0.3 is 5.97 Å². The third-order valence-electron chi connectivity index (χ3n) is 2.12. The number of ether oxygens (including phenoxy) is 1. The normalized spacial score (nSPS) is 12.5. The lowest BCUT2D eigenvalue weighted by atomic mass is 10.1. The van der Waals surface area contributed by atoms with Crippen molar-refractivity contribution in [3.63, 3.8) is 0 Å². The Morgan fingerprint density at radius 2 is 2.13 bits per heavy atom. The monoisotopic (exact) mass is 232 g/mol. The molecule has 0 aliphatic heterocycles. The van der Waals surface area contributed by atoms with Gasteiger partial charge in [-0.3, -0.25) is 9.69 Å². The molecule has 0 aliphatic rings. The molecular weight excluding hydrogens is 212 g/mol. The van der Waals surface area contributed by atoms with Gasteiger partial charge < -0.3 is 10.5 Å². The van der Waals surface area contributed by atoms with Crippen molar-refractivity contribution in [3.8, 4) is 0 Å². The molecule has 4 nitrogen and oxygen atoms in total. The zero-order chi connectivity index (χ0) is 11.8. The number of thiocarbonyl (C=S) groups is 1. The van der Waals surface area contributed by atoms with Crippen molar-refractivity contribution in [2.75, 3.05) is 26.2 Å². The number of hydrogen-bond donors (Lipinski definition) is 1. The second-order valence-corrected chi connectivity index (χ2v) is 3.91. The Kier molecular flexibility index (Phi) is 7.25. The van der Waals surface area contributed by atoms with Gasteiger partial charge in [0.1, 0.15) is 0 Å². The molecular formula is C10H20N2O2S. The van der Waals surface area contributed by atoms with Gasteiger partial charge in [0, 0.05) is 12.5 Å². The molecule has 0 rings (SSSR count). The molecule has 2 N–H and O–H groups in total. The molecule has 0 amide bonds. The van der Waals surface area contributed by atoms with E-state index in [9.17, 15) is 4.79 Å². The predicted molar refractivity (Wildman–Crippen MR) is 64.7 cm³/mol. The average Bonchev–Trinajstić information content (AvgIpc) is 2.16. The summed E-state index contributed by atoms with van der Waals surface area (Å²) in [6.07, 6.45) is 0. The fraction of sp³-hybridized carbons (Fsp3) is 0.800. The second-order valence-electron chi connectivity index (χ2n) is 3.44. The number of likely N-dealkylation sites (N-methyl/N-ethyl adjacent to an activating group) is 1. The lowest BCUT2D eigenvalue weighted by molar-refractivity contribution is -0.144. The minimum absolute atomic E-state index is 0.120. The molecule has 0 aromatic heterocycles. The molecule has 0 aliphatic carbocycles. The zero-order valence-corrected chi connectivity index (χ0v) is 10.5. The summed E-state index contributed by atoms with van der Waals surface area (Å²) in [6.45, 7) is 7.95. The Balaban J connectivity index is 4.02. The molecule has 5 heteroatoms. The van der Waals surface area contributed by atoms with Crippen LogP contribution in [0.2, 0.25) is 0 Å². The Labute approximate surface area is 96.8 Å². The third kappa shape index (κ3) is 6.41. The molecule has 0 saturated heterocycles. The van der Waals surface area contributed by atoms with Crippen molar-refractivity contribution >= 4 is 23.2 Å². The van der Waals surface area contributed by atoms with Gasteiger partial charge in [-0.25, -0.2) is 0 Å². The fourth-order valence-corrected chi connectivity index (χ4v) is 1.25. The van der Waals surface area contributed by atoms with Crippen LogP contribution in [0.4, 0.5) is 0 Å². The van der Waals surface area contributed by atoms with E-state index in [2.05, 4.69) is 0 Å². The number of carbonyl (C=O) groups excluding carboxylic acids is 1. The van der Waals surface area contributed by atoms with Crippen LogP contribution in [0.5, 0.6) is 0 Å². The van der Waals surface area contributed by atoms with E-state index in [1.807, 2.05) is 18.7 Å². The first-order chi connectivity index (χ1) is 7.01. The molecule has 88 valence electrons. The van der Waals surface area contributed by atoms with E-state index < -0.39 is 0 Å². The summed E-state index contributed by atoms with van der Waals surface area (Å²) in [5.41, 5.74) is 5.52. The Bertz CT molecular complexity index is 221. The van der Waals surface area contributed by atoms with Crippen LogP contribution in [0, 0.1) is 5.92 Å². The molecule has 0 fully saturated rings. The van der Waals surface area contributed by atoms with E-state index in [1.165, 1.54) is 0 Å². The maximum Gasteiger partial charge on any atom is 0.320 e. The zero-order valence-electron chi connectivity index (χ0n) is 9.66. The first kappa shape index (κ1) is 14.3. The highest BCUT2D eigenvalue weighted by atomic mass is 32.1. The van der Waals surface area contributed by atoms with Gasteiger partial charge in [0.15, 0.2) is 0 Å². The largest absolute Gasteiger partial charge is 0.465 e. The summed E-state index contributed by atoms with van der Waals surface area (Å²) in [5.74, 6) is -0.0798. The van der Waals surface area contributed by atoms with Crippen LogP contribution in [0.25, 0.3) is 0 Å². The summed E-state index contributed by atoms with van der Waals surface area (Å²) in [4.78, 5) is 13.7. The Hall–Kier alpha value is -0.680. The van der Waals surface area contributed by atoms with E-state index in [-0.39, 0.29) is 11.9 Å². The maximum absolute atomic E-state index is 11.2. The minimum Gasteiger partial charge on any atom is -0.465 e. The number of nitrogens with two attached hydrogens (primary N) is 1. The van der Waals surface area contributed by atoms with Crippen LogP contribution >= 0.6 is 12.2 Å². The van der Waals surface area contributed by atoms with E-state index in [0.717, 1.165) is 6.54 Å². The molecule has 0 radical (unpaired) electrons. The van der Waals surface area contributed by atoms with Gasteiger partial charge in [-0.05, 0) is 13.5 Å². The molecule has 0 bridgehead atoms. The smallest absolute Gasteiger partial charge is 0.320 e. The van der Waals surface area contributed by atoms with Crippen LogP contribution in [0.3, 0.4) is 0 Å². The van der Waals surface area contributed by atoms with Crippen molar-refractivity contribution < 1.29 is 9.53 Å². The summed E-state index contributed by atoms with van der Waals surface area (Å²) < 4.78 is 4.87. The molecule has 0 saturated carbocycles. The Morgan fingerprint density at radius 1 is 1.53 bits per heavy atom. The van der Waals surface area contributed by atoms with Crippen molar-refractivity contribution in [1.29, 1.82) is 0 Å². The number of esters is 1. The van der Waals surface area contributed by atoms with Gasteiger partial charge in [-0.15, -0.1) is 0 Å². The molecule has 0 heterocycles. The van der Waals surface area contributed by atoms with Crippen LogP contribution in [-0.4, -0.2) is 42.1 Å². The minimum atomic E-state index is -0.200. The number of hydrogen-bond acceptors (Lipinski definition) is 4. The second kappa shape index (κ2) is 7.59. The van der Waals surface area contributed by atoms with Gasteiger partial charge in [-0.1, -0.05) is 26.1 Å². The summed E-state index contributed by atoms with van der Waals surface area (Å²) in [5, 5.41) is 0. The number of nitrogens with zero attached hydrogens (tertiary/aromatic N) is 1. The van der Waals surface area contributed by atoms with E-state index in [0.29, 0.717) is 24.7 Å². The first-order valence-electron chi connectivity index (χ1n) is 5.18. The SMILES string of the molecule is CCOC(=O)CN(CC)CC(C)C(N)=S. The van der Waals surface area contributed by atoms with Crippen molar-refractivity contribution in [2.24, 2.45) is 11.7 Å². The van der Waals surface area contributed by atoms with E-state index in [1.54, 1.807) is 6.92 Å². The molecule has 0 aromatic carbocycles. The summed E-state index contributed by atoms with van der Waals surface area (Å²) in [6, 6.07) is 0. The molecule has 1 atom stereocenters. The standard InChI is InChI=1S/C10H20N2O2S/c1-4-12(6-8(3)10(11)15)7-9(13)14-5-2/h8H,4-7H2,1-3H3,(H2,11,15). The number of carbonyl (C=O) groups is 1. The number of rotatable bonds is 7. The van der Waals surface area contributed by atoms with Gasteiger partial charge in [-0.2, -0.15) is 0 Å². The predicted octanol–water partition coefficient (Wildman–Crippen LogP) is 0.794. The molecule has 0 spiro atoms. The third-order valence-corrected chi connectivity index (χ3v) is 2.53. The lowest BCUT2D eigenvalue weighted by Crippen LogP contribution is -2.37. The quantitative estimate of drug-likeness (QED) is 0.519. The van der Waals surface area contributed by atoms with Crippen molar-refractivity contribution in [2.45, 2.75) is 20.8 Å². The molecule has 0 aromatic rings. The fourth-order valence-electron chi connectivity index (χ4n) is 1.17. The van der Waals surface area contributed by atoms with Crippen LogP contribution in [0.15, 0.2) is 0 Å². The van der Waals surface area contributed by atoms with Crippen LogP contribution in [-0.2, 0) is 9.53 Å². The highest BCUT2D eigenvalue weighted by Crippen LogP contribution is 2.00. The van der Waals surface area contributed by atoms with Gasteiger partial charge in [0.2, 0.25) is 0 Å². The van der Waals surface area contributed by atoms with Crippen LogP contribution < -0.4 is 5.73 Å². The summed E-state index contributed by atoms with van der Waals surface area (Å²) in [7, 11) is 0. The lowest BCUT2D eigenvalue weighted by Gasteiger charge is -2.22. The van der Waals surface area contributed by atoms with Gasteiger partial charge in [0.25, 0.3) is 0 Å². The maximum atomic E-state index is 11.2. The van der Waals surface area contributed by atoms with Crippen LogP contribution in [0.1, 0.15) is 20.8 Å². The van der Waals surface area contributed by atoms with Gasteiger partial charge in [0.05, 0.1) is 18.1 Å². The van der Waals surface area contributed by atoms with Crippen molar-refractivity contribution in [3.05, 3.63) is 0 Å². The summed E-state index contributed by atoms with van der Waals surface area (Å²) >= 11 is 4.88. The molecule has 1 unspecified atom stereocenters. The first-order valence-corrected chi connectivity index (χ1v) is 5.59. The highest BCUT2D eigenvalue weighted by molar-refractivity contribution is 7.80.